The van der Waals surface area contributed by atoms with Crippen molar-refractivity contribution < 1.29 is 38.8 Å². The molecule has 0 radical (unpaired) electrons. The molecule has 1 unspecified atom stereocenters. The molecule has 4 aromatic carbocycles. The van der Waals surface area contributed by atoms with Gasteiger partial charge in [-0.1, -0.05) is 108 Å². The number of aromatic nitrogens is 1. The second-order valence-electron chi connectivity index (χ2n) is 11.7. The number of ether oxygens (including phenoxy) is 1. The summed E-state index contributed by atoms with van der Waals surface area (Å²) in [7, 11) is -2.07. The molecule has 0 saturated heterocycles. The molecule has 5 aromatic rings. The van der Waals surface area contributed by atoms with Crippen LogP contribution >= 0.6 is 8.15 Å². The molecule has 2 amide bonds. The Bertz CT molecular complexity index is 1820. The van der Waals surface area contributed by atoms with Crippen LogP contribution in [0.25, 0.3) is 11.3 Å². The Kier molecular flexibility index (Phi) is 12.7. The molecule has 5 rings (SSSR count). The van der Waals surface area contributed by atoms with E-state index in [2.05, 4.69) is 15.8 Å². The zero-order valence-corrected chi connectivity index (χ0v) is 28.0. The molecule has 258 valence electrons. The van der Waals surface area contributed by atoms with Gasteiger partial charge in [0.15, 0.2) is 0 Å². The van der Waals surface area contributed by atoms with Crippen LogP contribution in [0.15, 0.2) is 126 Å². The lowest BCUT2D eigenvalue weighted by Crippen LogP contribution is -2.46. The number of alkyl carbamates (subject to hydrolysis) is 1. The van der Waals surface area contributed by atoms with Gasteiger partial charge in [-0.25, -0.2) is 9.59 Å². The number of aliphatic carboxylic acids is 1. The predicted molar refractivity (Wildman–Crippen MR) is 188 cm³/mol. The van der Waals surface area contributed by atoms with Gasteiger partial charge in [0, 0.05) is 38.8 Å². The molecule has 11 nitrogen and oxygen atoms in total. The third-order valence-corrected chi connectivity index (χ3v) is 9.82. The normalized spacial score (nSPS) is 13.4. The van der Waals surface area contributed by atoms with Gasteiger partial charge >= 0.3 is 12.1 Å². The smallest absolute Gasteiger partial charge is 0.408 e. The fraction of sp³-hybridized carbons (Fsp3) is 0.211. The summed E-state index contributed by atoms with van der Waals surface area (Å²) in [5.41, 5.74) is 3.62. The van der Waals surface area contributed by atoms with Gasteiger partial charge in [0.1, 0.15) is 29.9 Å². The van der Waals surface area contributed by atoms with E-state index in [0.717, 1.165) is 16.7 Å². The molecule has 0 spiro atoms. The Morgan fingerprint density at radius 3 is 2.00 bits per heavy atom. The Morgan fingerprint density at radius 2 is 1.36 bits per heavy atom. The van der Waals surface area contributed by atoms with Crippen molar-refractivity contribution >= 4 is 26.1 Å². The molecule has 0 aliphatic heterocycles. The van der Waals surface area contributed by atoms with Crippen molar-refractivity contribution in [2.24, 2.45) is 5.92 Å². The van der Waals surface area contributed by atoms with E-state index in [0.29, 0.717) is 17.0 Å². The highest BCUT2D eigenvalue weighted by Crippen LogP contribution is 2.40. The largest absolute Gasteiger partial charge is 0.508 e. The molecule has 0 fully saturated rings. The predicted octanol–water partition coefficient (Wildman–Crippen LogP) is 5.90. The van der Waals surface area contributed by atoms with E-state index < -0.39 is 43.9 Å². The first-order chi connectivity index (χ1) is 24.2. The molecule has 1 aromatic heterocycles. The molecule has 0 saturated carbocycles. The van der Waals surface area contributed by atoms with Crippen molar-refractivity contribution in [1.29, 1.82) is 0 Å². The van der Waals surface area contributed by atoms with Gasteiger partial charge in [0.25, 0.3) is 0 Å². The lowest BCUT2D eigenvalue weighted by atomic mass is 10.0. The van der Waals surface area contributed by atoms with Crippen LogP contribution in [0.5, 0.6) is 5.75 Å². The lowest BCUT2D eigenvalue weighted by Gasteiger charge is -2.27. The quantitative estimate of drug-likeness (QED) is 0.0789. The molecule has 1 heterocycles. The van der Waals surface area contributed by atoms with E-state index in [1.54, 1.807) is 18.2 Å². The Morgan fingerprint density at radius 1 is 0.760 bits per heavy atom. The Hall–Kier alpha value is -5.51. The van der Waals surface area contributed by atoms with Crippen LogP contribution in [0, 0.1) is 5.92 Å². The maximum absolute atomic E-state index is 13.9. The summed E-state index contributed by atoms with van der Waals surface area (Å²) in [6.45, 7) is 0.0337. The highest BCUT2D eigenvalue weighted by molar-refractivity contribution is 7.52. The van der Waals surface area contributed by atoms with E-state index in [9.17, 15) is 29.5 Å². The number of benzene rings is 4. The molecule has 0 aliphatic carbocycles. The second-order valence-corrected chi connectivity index (χ2v) is 13.6. The minimum atomic E-state index is -2.07. The van der Waals surface area contributed by atoms with E-state index in [1.165, 1.54) is 12.1 Å². The number of carbonyl (C=O) groups is 3. The number of hydrogen-bond acceptors (Lipinski definition) is 8. The minimum absolute atomic E-state index is 0.00706. The molecular weight excluding hydrogens is 657 g/mol. The van der Waals surface area contributed by atoms with Gasteiger partial charge in [-0.3, -0.25) is 4.79 Å². The van der Waals surface area contributed by atoms with Crippen LogP contribution in [0.4, 0.5) is 4.79 Å². The van der Waals surface area contributed by atoms with Crippen molar-refractivity contribution in [2.45, 2.75) is 37.7 Å². The highest BCUT2D eigenvalue weighted by Gasteiger charge is 2.32. The number of nitrogens with zero attached hydrogens (tertiary/aromatic N) is 1. The fourth-order valence-corrected chi connectivity index (χ4v) is 6.99. The number of carbonyl (C=O) groups excluding carboxylic acids is 2. The summed E-state index contributed by atoms with van der Waals surface area (Å²) in [4.78, 5) is 50.8. The second kappa shape index (κ2) is 17.8. The average Bonchev–Trinajstić information content (AvgIpc) is 3.60. The van der Waals surface area contributed by atoms with E-state index >= 15 is 0 Å². The Labute approximate surface area is 290 Å². The summed E-state index contributed by atoms with van der Waals surface area (Å²) < 4.78 is 11.0. The van der Waals surface area contributed by atoms with Crippen LogP contribution in [0.1, 0.15) is 22.5 Å². The summed E-state index contributed by atoms with van der Waals surface area (Å²) >= 11 is 0. The number of amides is 2. The number of aromatic hydroxyl groups is 1. The standard InChI is InChI=1S/C38H38N3O8P/c42-31-18-16-27(17-19-31)20-34(37(44)45)39-36(43)30(22-32-23-33(41-49-32)29-14-8-3-9-15-29)25-50(47)35(21-26-10-4-1-5-11-26)40-38(46)48-24-28-12-6-2-7-13-28/h1-19,23,30,34-35,42,47H,20-22,24-25H2,(H,39,43)(H,40,46)(H,44,45)/t30-,34-,35+,50?/m0/s1. The zero-order chi connectivity index (χ0) is 35.3. The molecule has 50 heavy (non-hydrogen) atoms. The molecule has 4 atom stereocenters. The molecule has 0 aliphatic rings. The summed E-state index contributed by atoms with van der Waals surface area (Å²) in [5, 5.41) is 29.2. The van der Waals surface area contributed by atoms with Crippen LogP contribution in [-0.2, 0) is 40.2 Å². The topological polar surface area (TPSA) is 171 Å². The average molecular weight is 696 g/mol. The maximum Gasteiger partial charge on any atom is 0.408 e. The number of phenolic OH excluding ortho intramolecular Hbond substituents is 1. The number of carboxylic acids is 1. The lowest BCUT2D eigenvalue weighted by molar-refractivity contribution is -0.142. The van der Waals surface area contributed by atoms with E-state index in [4.69, 9.17) is 9.26 Å². The van der Waals surface area contributed by atoms with Crippen LogP contribution < -0.4 is 10.6 Å². The van der Waals surface area contributed by atoms with E-state index in [-0.39, 0.29) is 37.8 Å². The highest BCUT2D eigenvalue weighted by atomic mass is 31.1. The first-order valence-corrected chi connectivity index (χ1v) is 17.6. The van der Waals surface area contributed by atoms with Crippen molar-refractivity contribution in [3.8, 4) is 17.0 Å². The molecule has 12 heteroatoms. The monoisotopic (exact) mass is 695 g/mol. The number of carboxylic acid groups (broad SMARTS) is 1. The van der Waals surface area contributed by atoms with Crippen molar-refractivity contribution in [3.63, 3.8) is 0 Å². The van der Waals surface area contributed by atoms with Crippen LogP contribution in [-0.4, -0.2) is 56.2 Å². The maximum atomic E-state index is 13.9. The van der Waals surface area contributed by atoms with Gasteiger partial charge in [0.2, 0.25) is 5.91 Å². The molecule has 5 N–H and O–H groups in total. The SMILES string of the molecule is O=C(N[C@@H](Cc1ccccc1)P(O)C[C@H](Cc1cc(-c2ccccc2)no1)C(=O)N[C@@H](Cc1ccc(O)cc1)C(=O)O)OCc1ccccc1. The zero-order valence-electron chi connectivity index (χ0n) is 27.1. The van der Waals surface area contributed by atoms with Crippen LogP contribution in [0.2, 0.25) is 0 Å². The first-order valence-electron chi connectivity index (χ1n) is 16.0. The third kappa shape index (κ3) is 10.7. The van der Waals surface area contributed by atoms with Gasteiger partial charge in [-0.05, 0) is 35.2 Å². The number of phenols is 1. The van der Waals surface area contributed by atoms with Crippen molar-refractivity contribution in [3.05, 3.63) is 144 Å². The van der Waals surface area contributed by atoms with Crippen molar-refractivity contribution in [1.82, 2.24) is 15.8 Å². The van der Waals surface area contributed by atoms with Gasteiger partial charge in [-0.2, -0.15) is 0 Å². The fourth-order valence-electron chi connectivity index (χ4n) is 5.32. The third-order valence-electron chi connectivity index (χ3n) is 7.97. The summed E-state index contributed by atoms with van der Waals surface area (Å²) in [6, 6.07) is 34.3. The summed E-state index contributed by atoms with van der Waals surface area (Å²) in [5.74, 6) is -3.21. The minimum Gasteiger partial charge on any atom is -0.508 e. The Balaban J connectivity index is 1.36. The van der Waals surface area contributed by atoms with Gasteiger partial charge < -0.3 is 35.0 Å². The van der Waals surface area contributed by atoms with Gasteiger partial charge in [-0.15, -0.1) is 0 Å². The first kappa shape index (κ1) is 35.8. The number of nitrogens with one attached hydrogen (secondary N) is 2. The summed E-state index contributed by atoms with van der Waals surface area (Å²) in [6.07, 6.45) is -0.581. The molecule has 0 bridgehead atoms. The number of hydrogen-bond donors (Lipinski definition) is 5. The van der Waals surface area contributed by atoms with Crippen molar-refractivity contribution in [2.75, 3.05) is 6.16 Å². The van der Waals surface area contributed by atoms with E-state index in [1.807, 2.05) is 91.0 Å². The molecular formula is C38H38N3O8P. The van der Waals surface area contributed by atoms with Gasteiger partial charge in [0.05, 0.1) is 11.7 Å². The number of rotatable bonds is 16. The van der Waals surface area contributed by atoms with Crippen LogP contribution in [0.3, 0.4) is 0 Å².